The monoisotopic (exact) mass is 512 g/mol. The number of nitrogens with one attached hydrogen (secondary N) is 1. The molecule has 0 aliphatic rings. The molecule has 0 radical (unpaired) electrons. The zero-order valence-corrected chi connectivity index (χ0v) is 20.3. The molecule has 3 aromatic rings. The number of amides is 1. The number of aromatic nitrogens is 3. The minimum Gasteiger partial charge on any atom is -0.324 e. The van der Waals surface area contributed by atoms with Gasteiger partial charge in [0, 0.05) is 22.3 Å². The molecule has 0 bridgehead atoms. The van der Waals surface area contributed by atoms with E-state index in [-0.39, 0.29) is 11.7 Å². The molecule has 1 amide bonds. The summed E-state index contributed by atoms with van der Waals surface area (Å²) in [5.74, 6) is 2.31. The largest absolute Gasteiger partial charge is 0.324 e. The molecule has 10 heteroatoms. The first-order chi connectivity index (χ1) is 15.0. The topological polar surface area (TPSA) is 59.8 Å². The van der Waals surface area contributed by atoms with Crippen molar-refractivity contribution in [1.29, 1.82) is 0 Å². The maximum Gasteiger partial charge on any atom is 0.234 e. The number of hydrogen-bond donors (Lipinski definition) is 1. The van der Waals surface area contributed by atoms with Gasteiger partial charge in [-0.15, -0.1) is 28.5 Å². The predicted octanol–water partition coefficient (Wildman–Crippen LogP) is 6.59. The van der Waals surface area contributed by atoms with E-state index in [0.717, 1.165) is 16.6 Å². The van der Waals surface area contributed by atoms with E-state index in [1.165, 1.54) is 17.3 Å². The molecule has 1 aromatic heterocycles. The summed E-state index contributed by atoms with van der Waals surface area (Å²) in [6, 6.07) is 12.7. The van der Waals surface area contributed by atoms with Crippen LogP contribution in [0.3, 0.4) is 0 Å². The van der Waals surface area contributed by atoms with Gasteiger partial charge in [0.05, 0.1) is 22.2 Å². The lowest BCUT2D eigenvalue weighted by Crippen LogP contribution is -2.15. The molecular formula is C21H19Cl3N4OS2. The van der Waals surface area contributed by atoms with Gasteiger partial charge >= 0.3 is 0 Å². The van der Waals surface area contributed by atoms with E-state index < -0.39 is 0 Å². The van der Waals surface area contributed by atoms with E-state index in [9.17, 15) is 4.79 Å². The number of carbonyl (C=O) groups is 1. The second-order valence-corrected chi connectivity index (χ2v) is 9.59. The highest BCUT2D eigenvalue weighted by atomic mass is 35.5. The van der Waals surface area contributed by atoms with Gasteiger partial charge in [0.1, 0.15) is 5.82 Å². The van der Waals surface area contributed by atoms with Gasteiger partial charge < -0.3 is 9.88 Å². The fourth-order valence-corrected chi connectivity index (χ4v) is 4.75. The number of benzene rings is 2. The van der Waals surface area contributed by atoms with Crippen molar-refractivity contribution in [3.63, 3.8) is 0 Å². The Hall–Kier alpha value is -1.64. The number of anilines is 1. The Morgan fingerprint density at radius 3 is 2.55 bits per heavy atom. The van der Waals surface area contributed by atoms with Crippen LogP contribution in [0, 0.1) is 0 Å². The van der Waals surface area contributed by atoms with Crippen molar-refractivity contribution >= 4 is 69.9 Å². The normalized spacial score (nSPS) is 10.8. The Balaban J connectivity index is 1.57. The summed E-state index contributed by atoms with van der Waals surface area (Å²) >= 11 is 21.0. The Morgan fingerprint density at radius 1 is 1.06 bits per heavy atom. The minimum absolute atomic E-state index is 0.163. The molecule has 0 saturated heterocycles. The SMILES string of the molecule is C=CCn1c(CSCc2ccc(Cl)cc2)nnc1SCC(=O)Nc1cc(Cl)ccc1Cl. The molecule has 0 atom stereocenters. The van der Waals surface area contributed by atoms with E-state index in [4.69, 9.17) is 34.8 Å². The summed E-state index contributed by atoms with van der Waals surface area (Å²) in [4.78, 5) is 12.4. The maximum absolute atomic E-state index is 12.4. The molecule has 1 heterocycles. The molecule has 0 saturated carbocycles. The average Bonchev–Trinajstić information content (AvgIpc) is 3.12. The van der Waals surface area contributed by atoms with Crippen molar-refractivity contribution in [2.75, 3.05) is 11.1 Å². The molecule has 5 nitrogen and oxygen atoms in total. The third-order valence-corrected chi connectivity index (χ3v) is 6.84. The number of allylic oxidation sites excluding steroid dienone is 1. The number of hydrogen-bond acceptors (Lipinski definition) is 5. The second kappa shape index (κ2) is 11.8. The lowest BCUT2D eigenvalue weighted by Gasteiger charge is -2.09. The Labute approximate surface area is 204 Å². The van der Waals surface area contributed by atoms with E-state index in [1.54, 1.807) is 36.0 Å². The van der Waals surface area contributed by atoms with Gasteiger partial charge in [-0.1, -0.05) is 64.8 Å². The predicted molar refractivity (Wildman–Crippen MR) is 132 cm³/mol. The van der Waals surface area contributed by atoms with E-state index in [1.807, 2.05) is 28.8 Å². The van der Waals surface area contributed by atoms with Gasteiger partial charge in [-0.05, 0) is 35.9 Å². The second-order valence-electron chi connectivity index (χ2n) is 6.38. The zero-order chi connectivity index (χ0) is 22.2. The summed E-state index contributed by atoms with van der Waals surface area (Å²) < 4.78 is 1.96. The van der Waals surface area contributed by atoms with E-state index >= 15 is 0 Å². The van der Waals surface area contributed by atoms with Crippen LogP contribution in [0.4, 0.5) is 5.69 Å². The van der Waals surface area contributed by atoms with Crippen molar-refractivity contribution in [1.82, 2.24) is 14.8 Å². The van der Waals surface area contributed by atoms with Crippen LogP contribution < -0.4 is 5.32 Å². The van der Waals surface area contributed by atoms with Crippen LogP contribution in [0.15, 0.2) is 60.3 Å². The van der Waals surface area contributed by atoms with Gasteiger partial charge in [0.25, 0.3) is 0 Å². The molecule has 31 heavy (non-hydrogen) atoms. The van der Waals surface area contributed by atoms with Crippen molar-refractivity contribution in [2.45, 2.75) is 23.2 Å². The van der Waals surface area contributed by atoms with Crippen LogP contribution in [0.2, 0.25) is 15.1 Å². The van der Waals surface area contributed by atoms with Crippen molar-refractivity contribution in [2.24, 2.45) is 0 Å². The molecule has 0 aliphatic carbocycles. The summed E-state index contributed by atoms with van der Waals surface area (Å²) in [6.45, 7) is 4.37. The van der Waals surface area contributed by atoms with Crippen molar-refractivity contribution in [3.05, 3.63) is 81.6 Å². The zero-order valence-electron chi connectivity index (χ0n) is 16.4. The first-order valence-electron chi connectivity index (χ1n) is 9.19. The lowest BCUT2D eigenvalue weighted by molar-refractivity contribution is -0.113. The van der Waals surface area contributed by atoms with Crippen LogP contribution >= 0.6 is 58.3 Å². The lowest BCUT2D eigenvalue weighted by atomic mass is 10.2. The van der Waals surface area contributed by atoms with Gasteiger partial charge in [0.15, 0.2) is 5.16 Å². The molecule has 3 rings (SSSR count). The molecule has 2 aromatic carbocycles. The van der Waals surface area contributed by atoms with Crippen molar-refractivity contribution in [3.8, 4) is 0 Å². The Bertz CT molecular complexity index is 1060. The number of rotatable bonds is 10. The molecule has 162 valence electrons. The van der Waals surface area contributed by atoms with Gasteiger partial charge in [-0.3, -0.25) is 4.79 Å². The van der Waals surface area contributed by atoms with Crippen LogP contribution in [-0.4, -0.2) is 26.4 Å². The third-order valence-electron chi connectivity index (χ3n) is 4.05. The summed E-state index contributed by atoms with van der Waals surface area (Å²) in [5.41, 5.74) is 1.67. The van der Waals surface area contributed by atoms with Gasteiger partial charge in [-0.25, -0.2) is 0 Å². The molecule has 0 unspecified atom stereocenters. The van der Waals surface area contributed by atoms with Gasteiger partial charge in [-0.2, -0.15) is 0 Å². The summed E-state index contributed by atoms with van der Waals surface area (Å²) in [5, 5.41) is 13.6. The summed E-state index contributed by atoms with van der Waals surface area (Å²) in [7, 11) is 0. The Kier molecular flexibility index (Phi) is 9.16. The standard InChI is InChI=1S/C21H19Cl3N4OS2/c1-2-9-28-19(12-30-11-14-3-5-15(22)6-4-14)26-27-21(28)31-13-20(29)25-18-10-16(23)7-8-17(18)24/h2-8,10H,1,9,11-13H2,(H,25,29). The smallest absolute Gasteiger partial charge is 0.234 e. The highest BCUT2D eigenvalue weighted by Crippen LogP contribution is 2.26. The van der Waals surface area contributed by atoms with Crippen LogP contribution in [0.1, 0.15) is 11.4 Å². The quantitative estimate of drug-likeness (QED) is 0.245. The minimum atomic E-state index is -0.207. The fraction of sp³-hybridized carbons (Fsp3) is 0.190. The number of carbonyl (C=O) groups excluding carboxylic acids is 1. The first kappa shape index (κ1) is 24.0. The third kappa shape index (κ3) is 7.19. The van der Waals surface area contributed by atoms with Crippen molar-refractivity contribution < 1.29 is 4.79 Å². The molecule has 1 N–H and O–H groups in total. The maximum atomic E-state index is 12.4. The van der Waals surface area contributed by atoms with Crippen LogP contribution in [0.25, 0.3) is 0 Å². The number of thioether (sulfide) groups is 2. The first-order valence-corrected chi connectivity index (χ1v) is 12.5. The molecule has 0 fully saturated rings. The van der Waals surface area contributed by atoms with Crippen LogP contribution in [-0.2, 0) is 22.8 Å². The number of nitrogens with zero attached hydrogens (tertiary/aromatic N) is 3. The Morgan fingerprint density at radius 2 is 1.81 bits per heavy atom. The van der Waals surface area contributed by atoms with E-state index in [0.29, 0.717) is 33.2 Å². The fourth-order valence-electron chi connectivity index (χ4n) is 2.60. The highest BCUT2D eigenvalue weighted by Gasteiger charge is 2.14. The number of halogens is 3. The molecule has 0 spiro atoms. The van der Waals surface area contributed by atoms with Crippen LogP contribution in [0.5, 0.6) is 0 Å². The average molecular weight is 514 g/mol. The molecular weight excluding hydrogens is 495 g/mol. The molecule has 0 aliphatic heterocycles. The van der Waals surface area contributed by atoms with Gasteiger partial charge in [0.2, 0.25) is 5.91 Å². The summed E-state index contributed by atoms with van der Waals surface area (Å²) in [6.07, 6.45) is 1.78. The highest BCUT2D eigenvalue weighted by molar-refractivity contribution is 7.99. The van der Waals surface area contributed by atoms with E-state index in [2.05, 4.69) is 22.1 Å².